The Morgan fingerprint density at radius 1 is 1.25 bits per heavy atom. The molecule has 1 aromatic carbocycles. The molecule has 1 atom stereocenters. The van der Waals surface area contributed by atoms with E-state index in [4.69, 9.17) is 4.74 Å². The number of hydrogen-bond acceptors (Lipinski definition) is 3. The molecule has 0 spiro atoms. The number of likely N-dealkylation sites (tertiary alicyclic amines) is 1. The minimum atomic E-state index is -0.524. The Balaban J connectivity index is 2.00. The first-order chi connectivity index (χ1) is 9.49. The van der Waals surface area contributed by atoms with Crippen molar-refractivity contribution in [3.8, 4) is 5.75 Å². The van der Waals surface area contributed by atoms with E-state index < -0.39 is 6.10 Å². The fourth-order valence-electron chi connectivity index (χ4n) is 2.33. The van der Waals surface area contributed by atoms with Crippen molar-refractivity contribution < 1.29 is 14.3 Å². The summed E-state index contributed by atoms with van der Waals surface area (Å²) in [5, 5.41) is 0. The SMILES string of the molecule is Cc1cccc(OC(C)C(=O)N2CCC(=O)CC2)c1C. The highest BCUT2D eigenvalue weighted by Crippen LogP contribution is 2.22. The van der Waals surface area contributed by atoms with E-state index in [1.54, 1.807) is 11.8 Å². The Morgan fingerprint density at radius 3 is 2.55 bits per heavy atom. The third-order valence-corrected chi connectivity index (χ3v) is 3.84. The van der Waals surface area contributed by atoms with Crippen molar-refractivity contribution in [3.63, 3.8) is 0 Å². The molecule has 1 aliphatic rings. The number of ether oxygens (including phenoxy) is 1. The standard InChI is InChI=1S/C16H21NO3/c1-11-5-4-6-15(12(11)2)20-13(3)16(19)17-9-7-14(18)8-10-17/h4-6,13H,7-10H2,1-3H3. The number of aryl methyl sites for hydroxylation is 1. The average Bonchev–Trinajstić information content (AvgIpc) is 2.44. The highest BCUT2D eigenvalue weighted by Gasteiger charge is 2.26. The van der Waals surface area contributed by atoms with E-state index in [0.29, 0.717) is 25.9 Å². The lowest BCUT2D eigenvalue weighted by molar-refractivity contribution is -0.140. The van der Waals surface area contributed by atoms with Crippen LogP contribution in [0.1, 0.15) is 30.9 Å². The minimum Gasteiger partial charge on any atom is -0.481 e. The van der Waals surface area contributed by atoms with Gasteiger partial charge in [0.1, 0.15) is 11.5 Å². The summed E-state index contributed by atoms with van der Waals surface area (Å²) in [4.78, 5) is 25.2. The molecule has 0 saturated carbocycles. The van der Waals surface area contributed by atoms with Gasteiger partial charge >= 0.3 is 0 Å². The van der Waals surface area contributed by atoms with E-state index in [-0.39, 0.29) is 11.7 Å². The van der Waals surface area contributed by atoms with Crippen LogP contribution >= 0.6 is 0 Å². The Morgan fingerprint density at radius 2 is 1.90 bits per heavy atom. The summed E-state index contributed by atoms with van der Waals surface area (Å²) in [7, 11) is 0. The van der Waals surface area contributed by atoms with Crippen LogP contribution in [0.4, 0.5) is 0 Å². The number of piperidine rings is 1. The van der Waals surface area contributed by atoms with Crippen LogP contribution in [0, 0.1) is 13.8 Å². The van der Waals surface area contributed by atoms with Gasteiger partial charge in [-0.15, -0.1) is 0 Å². The third-order valence-electron chi connectivity index (χ3n) is 3.84. The predicted octanol–water partition coefficient (Wildman–Crippen LogP) is 2.26. The van der Waals surface area contributed by atoms with Crippen molar-refractivity contribution >= 4 is 11.7 Å². The maximum atomic E-state index is 12.3. The molecule has 0 radical (unpaired) electrons. The van der Waals surface area contributed by atoms with Crippen LogP contribution in [-0.4, -0.2) is 35.8 Å². The van der Waals surface area contributed by atoms with Crippen molar-refractivity contribution in [2.45, 2.75) is 39.7 Å². The molecule has 1 unspecified atom stereocenters. The molecule has 1 saturated heterocycles. The molecule has 0 aromatic heterocycles. The van der Waals surface area contributed by atoms with Gasteiger partial charge in [0.2, 0.25) is 0 Å². The first kappa shape index (κ1) is 14.6. The number of Topliss-reactive ketones (excluding diaryl/α,β-unsaturated/α-hetero) is 1. The molecule has 0 aliphatic carbocycles. The lowest BCUT2D eigenvalue weighted by atomic mass is 10.1. The van der Waals surface area contributed by atoms with E-state index in [1.165, 1.54) is 0 Å². The van der Waals surface area contributed by atoms with Gasteiger partial charge in [-0.2, -0.15) is 0 Å². The smallest absolute Gasteiger partial charge is 0.263 e. The predicted molar refractivity (Wildman–Crippen MR) is 76.8 cm³/mol. The molecular weight excluding hydrogens is 254 g/mol. The first-order valence-electron chi connectivity index (χ1n) is 7.02. The fourth-order valence-corrected chi connectivity index (χ4v) is 2.33. The minimum absolute atomic E-state index is 0.0431. The van der Waals surface area contributed by atoms with Crippen LogP contribution in [0.25, 0.3) is 0 Å². The number of nitrogens with zero attached hydrogens (tertiary/aromatic N) is 1. The third kappa shape index (κ3) is 3.18. The van der Waals surface area contributed by atoms with Gasteiger partial charge in [0.15, 0.2) is 6.10 Å². The van der Waals surface area contributed by atoms with Crippen molar-refractivity contribution in [2.75, 3.05) is 13.1 Å². The molecule has 1 heterocycles. The number of hydrogen-bond donors (Lipinski definition) is 0. The highest BCUT2D eigenvalue weighted by atomic mass is 16.5. The molecule has 0 bridgehead atoms. The van der Waals surface area contributed by atoms with E-state index in [9.17, 15) is 9.59 Å². The molecule has 1 fully saturated rings. The van der Waals surface area contributed by atoms with Gasteiger partial charge in [-0.05, 0) is 38.0 Å². The monoisotopic (exact) mass is 275 g/mol. The van der Waals surface area contributed by atoms with Gasteiger partial charge in [-0.25, -0.2) is 0 Å². The quantitative estimate of drug-likeness (QED) is 0.850. The summed E-state index contributed by atoms with van der Waals surface area (Å²) in [5.74, 6) is 0.939. The fraction of sp³-hybridized carbons (Fsp3) is 0.500. The van der Waals surface area contributed by atoms with Crippen molar-refractivity contribution in [2.24, 2.45) is 0 Å². The molecule has 0 N–H and O–H groups in total. The van der Waals surface area contributed by atoms with Crippen molar-refractivity contribution in [1.82, 2.24) is 4.90 Å². The Bertz CT molecular complexity index is 514. The summed E-state index contributed by atoms with van der Waals surface area (Å²) in [6.07, 6.45) is 0.396. The summed E-state index contributed by atoms with van der Waals surface area (Å²) < 4.78 is 5.79. The zero-order chi connectivity index (χ0) is 14.7. The second-order valence-electron chi connectivity index (χ2n) is 5.32. The number of benzene rings is 1. The lowest BCUT2D eigenvalue weighted by Crippen LogP contribution is -2.44. The van der Waals surface area contributed by atoms with Gasteiger partial charge in [-0.3, -0.25) is 9.59 Å². The zero-order valence-electron chi connectivity index (χ0n) is 12.3. The highest BCUT2D eigenvalue weighted by molar-refractivity contribution is 5.85. The molecule has 108 valence electrons. The maximum absolute atomic E-state index is 12.3. The zero-order valence-corrected chi connectivity index (χ0v) is 12.3. The van der Waals surface area contributed by atoms with E-state index in [2.05, 4.69) is 0 Å². The van der Waals surface area contributed by atoms with Gasteiger partial charge in [0.25, 0.3) is 5.91 Å². The number of rotatable bonds is 3. The number of carbonyl (C=O) groups excluding carboxylic acids is 2. The summed E-state index contributed by atoms with van der Waals surface area (Å²) in [6.45, 7) is 6.79. The first-order valence-corrected chi connectivity index (χ1v) is 7.02. The molecule has 4 nitrogen and oxygen atoms in total. The molecule has 2 rings (SSSR count). The topological polar surface area (TPSA) is 46.6 Å². The molecular formula is C16H21NO3. The summed E-state index contributed by atoms with van der Waals surface area (Å²) in [5.41, 5.74) is 2.20. The maximum Gasteiger partial charge on any atom is 0.263 e. The molecule has 1 aliphatic heterocycles. The van der Waals surface area contributed by atoms with Crippen molar-refractivity contribution in [1.29, 1.82) is 0 Å². The Labute approximate surface area is 119 Å². The Hall–Kier alpha value is -1.84. The number of amides is 1. The normalized spacial score (nSPS) is 16.9. The van der Waals surface area contributed by atoms with E-state index in [0.717, 1.165) is 16.9 Å². The van der Waals surface area contributed by atoms with Gasteiger partial charge in [-0.1, -0.05) is 12.1 Å². The van der Waals surface area contributed by atoms with E-state index >= 15 is 0 Å². The summed E-state index contributed by atoms with van der Waals surface area (Å²) >= 11 is 0. The second kappa shape index (κ2) is 6.07. The summed E-state index contributed by atoms with van der Waals surface area (Å²) in [6, 6.07) is 5.82. The van der Waals surface area contributed by atoms with Crippen LogP contribution in [0.2, 0.25) is 0 Å². The van der Waals surface area contributed by atoms with Gasteiger partial charge in [0.05, 0.1) is 0 Å². The van der Waals surface area contributed by atoms with Gasteiger partial charge < -0.3 is 9.64 Å². The van der Waals surface area contributed by atoms with Crippen LogP contribution < -0.4 is 4.74 Å². The number of ketones is 1. The molecule has 1 amide bonds. The van der Waals surface area contributed by atoms with E-state index in [1.807, 2.05) is 32.0 Å². The van der Waals surface area contributed by atoms with Gasteiger partial charge in [0, 0.05) is 25.9 Å². The largest absolute Gasteiger partial charge is 0.481 e. The number of carbonyl (C=O) groups is 2. The Kier molecular flexibility index (Phi) is 4.42. The lowest BCUT2D eigenvalue weighted by Gasteiger charge is -2.29. The molecule has 1 aromatic rings. The van der Waals surface area contributed by atoms with Crippen LogP contribution in [0.15, 0.2) is 18.2 Å². The van der Waals surface area contributed by atoms with Crippen LogP contribution in [0.5, 0.6) is 5.75 Å². The average molecular weight is 275 g/mol. The molecule has 20 heavy (non-hydrogen) atoms. The second-order valence-corrected chi connectivity index (χ2v) is 5.32. The van der Waals surface area contributed by atoms with Crippen LogP contribution in [0.3, 0.4) is 0 Å². The van der Waals surface area contributed by atoms with Crippen molar-refractivity contribution in [3.05, 3.63) is 29.3 Å². The van der Waals surface area contributed by atoms with Crippen LogP contribution in [-0.2, 0) is 9.59 Å². The molecule has 4 heteroatoms.